The molecule has 1 rings (SSSR count). The van der Waals surface area contributed by atoms with Crippen molar-refractivity contribution in [1.82, 2.24) is 0 Å². The lowest BCUT2D eigenvalue weighted by atomic mass is 10.0. The molecule has 11 heavy (non-hydrogen) atoms. The molecule has 1 nitrogen and oxygen atoms in total. The number of benzene rings is 1. The van der Waals surface area contributed by atoms with Crippen LogP contribution in [0.15, 0.2) is 24.3 Å². The molecule has 0 bridgehead atoms. The Bertz CT molecular complexity index is 250. The zero-order chi connectivity index (χ0) is 8.48. The van der Waals surface area contributed by atoms with Crippen LogP contribution in [0.3, 0.4) is 0 Å². The van der Waals surface area contributed by atoms with Gasteiger partial charge in [-0.05, 0) is 19.9 Å². The third-order valence-corrected chi connectivity index (χ3v) is 2.13. The van der Waals surface area contributed by atoms with Crippen LogP contribution in [-0.2, 0) is 3.42 Å². The number of rotatable bonds is 1. The van der Waals surface area contributed by atoms with E-state index in [1.807, 2.05) is 18.2 Å². The highest BCUT2D eigenvalue weighted by Crippen LogP contribution is 2.35. The minimum atomic E-state index is 0.00308. The van der Waals surface area contributed by atoms with Crippen molar-refractivity contribution in [3.8, 4) is 5.75 Å². The Balaban J connectivity index is 3.14. The predicted octanol–water partition coefficient (Wildman–Crippen LogP) is 3.06. The zero-order valence-electron chi connectivity index (χ0n) is 6.63. The molecule has 0 radical (unpaired) electrons. The maximum Gasteiger partial charge on any atom is 0.120 e. The molecule has 0 aliphatic carbocycles. The predicted molar refractivity (Wildman–Crippen MR) is 55.2 cm³/mol. The van der Waals surface area contributed by atoms with Crippen LogP contribution in [0.25, 0.3) is 0 Å². The van der Waals surface area contributed by atoms with Crippen molar-refractivity contribution in [1.29, 1.82) is 0 Å². The quantitative estimate of drug-likeness (QED) is 0.609. The first-order valence-electron chi connectivity index (χ1n) is 3.49. The molecular formula is C9H11IO. The number of para-hydroxylation sites is 1. The maximum absolute atomic E-state index is 9.44. The van der Waals surface area contributed by atoms with Crippen LogP contribution >= 0.6 is 22.6 Å². The number of aromatic hydroxyl groups is 1. The molecule has 0 unspecified atom stereocenters. The van der Waals surface area contributed by atoms with E-state index in [4.69, 9.17) is 0 Å². The summed E-state index contributed by atoms with van der Waals surface area (Å²) in [7, 11) is 0. The zero-order valence-corrected chi connectivity index (χ0v) is 8.79. The Hall–Kier alpha value is -0.250. The molecule has 1 aromatic carbocycles. The summed E-state index contributed by atoms with van der Waals surface area (Å²) in [5.41, 5.74) is 0.987. The first-order chi connectivity index (χ1) is 5.02. The van der Waals surface area contributed by atoms with E-state index in [1.54, 1.807) is 6.07 Å². The van der Waals surface area contributed by atoms with Gasteiger partial charge in [-0.2, -0.15) is 0 Å². The molecule has 0 amide bonds. The average molecular weight is 262 g/mol. The van der Waals surface area contributed by atoms with Gasteiger partial charge in [0.2, 0.25) is 0 Å². The second-order valence-corrected chi connectivity index (χ2v) is 5.69. The van der Waals surface area contributed by atoms with Gasteiger partial charge in [0.15, 0.2) is 0 Å². The maximum atomic E-state index is 9.44. The molecule has 0 spiro atoms. The molecule has 2 heteroatoms. The fourth-order valence-corrected chi connectivity index (χ4v) is 1.43. The van der Waals surface area contributed by atoms with Gasteiger partial charge >= 0.3 is 0 Å². The summed E-state index contributed by atoms with van der Waals surface area (Å²) in [6.07, 6.45) is 0. The molecule has 0 aliphatic rings. The molecule has 0 saturated carbocycles. The van der Waals surface area contributed by atoms with Crippen LogP contribution in [-0.4, -0.2) is 5.11 Å². The van der Waals surface area contributed by atoms with E-state index in [9.17, 15) is 5.11 Å². The number of alkyl halides is 1. The van der Waals surface area contributed by atoms with Crippen molar-refractivity contribution in [2.24, 2.45) is 0 Å². The number of hydrogen-bond acceptors (Lipinski definition) is 1. The molecular weight excluding hydrogens is 251 g/mol. The van der Waals surface area contributed by atoms with E-state index >= 15 is 0 Å². The molecule has 0 atom stereocenters. The molecule has 0 heterocycles. The molecule has 0 aliphatic heterocycles. The van der Waals surface area contributed by atoms with E-state index in [1.165, 1.54) is 0 Å². The molecule has 60 valence electrons. The number of halogens is 1. The van der Waals surface area contributed by atoms with Crippen molar-refractivity contribution in [2.75, 3.05) is 0 Å². The summed E-state index contributed by atoms with van der Waals surface area (Å²) < 4.78 is 0.00308. The highest BCUT2D eigenvalue weighted by atomic mass is 127. The number of phenolic OH excluding ortho intramolecular Hbond substituents is 1. The average Bonchev–Trinajstić information content (AvgIpc) is 1.86. The Kier molecular flexibility index (Phi) is 2.42. The number of phenols is 1. The third-order valence-electron chi connectivity index (χ3n) is 1.54. The second kappa shape index (κ2) is 3.01. The van der Waals surface area contributed by atoms with Crippen molar-refractivity contribution < 1.29 is 5.11 Å². The van der Waals surface area contributed by atoms with Gasteiger partial charge in [-0.1, -0.05) is 40.8 Å². The first-order valence-corrected chi connectivity index (χ1v) is 4.57. The van der Waals surface area contributed by atoms with Crippen LogP contribution in [0.4, 0.5) is 0 Å². The topological polar surface area (TPSA) is 20.2 Å². The fraction of sp³-hybridized carbons (Fsp3) is 0.333. The lowest BCUT2D eigenvalue weighted by Crippen LogP contribution is -2.05. The van der Waals surface area contributed by atoms with Gasteiger partial charge < -0.3 is 5.11 Å². The highest BCUT2D eigenvalue weighted by molar-refractivity contribution is 14.1. The minimum absolute atomic E-state index is 0.00308. The Morgan fingerprint density at radius 1 is 1.27 bits per heavy atom. The first kappa shape index (κ1) is 8.84. The van der Waals surface area contributed by atoms with Crippen molar-refractivity contribution in [3.63, 3.8) is 0 Å². The van der Waals surface area contributed by atoms with Crippen LogP contribution in [0.2, 0.25) is 0 Å². The summed E-state index contributed by atoms with van der Waals surface area (Å²) in [5.74, 6) is 0.381. The Morgan fingerprint density at radius 2 is 1.82 bits per heavy atom. The number of hydrogen-bond donors (Lipinski definition) is 1. The summed E-state index contributed by atoms with van der Waals surface area (Å²) >= 11 is 2.31. The Morgan fingerprint density at radius 3 is 2.18 bits per heavy atom. The van der Waals surface area contributed by atoms with E-state index in [-0.39, 0.29) is 3.42 Å². The summed E-state index contributed by atoms with van der Waals surface area (Å²) in [6.45, 7) is 4.14. The Labute approximate surface area is 80.6 Å². The third kappa shape index (κ3) is 2.09. The van der Waals surface area contributed by atoms with Gasteiger partial charge in [-0.15, -0.1) is 0 Å². The van der Waals surface area contributed by atoms with Crippen LogP contribution in [0, 0.1) is 0 Å². The normalized spacial score (nSPS) is 11.5. The van der Waals surface area contributed by atoms with Gasteiger partial charge in [0.25, 0.3) is 0 Å². The molecule has 0 fully saturated rings. The molecule has 0 saturated heterocycles. The largest absolute Gasteiger partial charge is 0.508 e. The molecule has 1 aromatic rings. The van der Waals surface area contributed by atoms with Gasteiger partial charge in [-0.3, -0.25) is 0 Å². The SMILES string of the molecule is CC(C)(I)c1ccccc1O. The lowest BCUT2D eigenvalue weighted by Gasteiger charge is -2.17. The standard InChI is InChI=1S/C9H11IO/c1-9(2,10)7-5-3-4-6-8(7)11/h3-6,11H,1-2H3. The van der Waals surface area contributed by atoms with Gasteiger partial charge in [-0.25, -0.2) is 0 Å². The lowest BCUT2D eigenvalue weighted by molar-refractivity contribution is 0.463. The smallest absolute Gasteiger partial charge is 0.120 e. The van der Waals surface area contributed by atoms with Crippen LogP contribution in [0.5, 0.6) is 5.75 Å². The van der Waals surface area contributed by atoms with Crippen molar-refractivity contribution in [2.45, 2.75) is 17.3 Å². The minimum Gasteiger partial charge on any atom is -0.508 e. The summed E-state index contributed by atoms with van der Waals surface area (Å²) in [6, 6.07) is 7.44. The van der Waals surface area contributed by atoms with Gasteiger partial charge in [0.1, 0.15) is 5.75 Å². The molecule has 1 N–H and O–H groups in total. The van der Waals surface area contributed by atoms with Gasteiger partial charge in [0.05, 0.1) is 0 Å². The second-order valence-electron chi connectivity index (χ2n) is 2.99. The highest BCUT2D eigenvalue weighted by Gasteiger charge is 2.18. The molecule has 0 aromatic heterocycles. The summed E-state index contributed by atoms with van der Waals surface area (Å²) in [4.78, 5) is 0. The summed E-state index contributed by atoms with van der Waals surface area (Å²) in [5, 5.41) is 9.44. The monoisotopic (exact) mass is 262 g/mol. The van der Waals surface area contributed by atoms with Crippen molar-refractivity contribution in [3.05, 3.63) is 29.8 Å². The van der Waals surface area contributed by atoms with Gasteiger partial charge in [0, 0.05) is 8.99 Å². The van der Waals surface area contributed by atoms with Crippen molar-refractivity contribution >= 4 is 22.6 Å². The van der Waals surface area contributed by atoms with Crippen LogP contribution in [0.1, 0.15) is 19.4 Å². The van der Waals surface area contributed by atoms with E-state index in [0.29, 0.717) is 5.75 Å². The van der Waals surface area contributed by atoms with Crippen LogP contribution < -0.4 is 0 Å². The fourth-order valence-electron chi connectivity index (χ4n) is 0.976. The van der Waals surface area contributed by atoms with E-state index < -0.39 is 0 Å². The van der Waals surface area contributed by atoms with E-state index in [0.717, 1.165) is 5.56 Å². The van der Waals surface area contributed by atoms with E-state index in [2.05, 4.69) is 36.4 Å².